The molecule has 170 valence electrons. The van der Waals surface area contributed by atoms with Gasteiger partial charge in [-0.3, -0.25) is 4.79 Å². The molecule has 2 aromatic rings. The molecule has 0 saturated heterocycles. The number of nitrogens with zero attached hydrogens (tertiary/aromatic N) is 3. The third kappa shape index (κ3) is 3.72. The first-order valence-corrected chi connectivity index (χ1v) is 12.4. The van der Waals surface area contributed by atoms with Crippen molar-refractivity contribution in [1.82, 2.24) is 10.2 Å². The van der Waals surface area contributed by atoms with Crippen molar-refractivity contribution in [3.05, 3.63) is 40.7 Å². The van der Waals surface area contributed by atoms with Crippen LogP contribution in [-0.4, -0.2) is 27.0 Å². The Morgan fingerprint density at radius 2 is 2.28 bits per heavy atom. The van der Waals surface area contributed by atoms with Gasteiger partial charge < -0.3 is 10.5 Å². The van der Waals surface area contributed by atoms with E-state index in [0.717, 1.165) is 56.2 Å². The zero-order valence-electron chi connectivity index (χ0n) is 18.3. The van der Waals surface area contributed by atoms with Crippen LogP contribution in [0.4, 0.5) is 9.52 Å². The molecule has 0 spiro atoms. The Labute approximate surface area is 191 Å². The Balaban J connectivity index is 1.32. The number of hydrogen-bond acceptors (Lipinski definition) is 6. The van der Waals surface area contributed by atoms with Crippen LogP contribution in [0.15, 0.2) is 28.9 Å². The van der Waals surface area contributed by atoms with Gasteiger partial charge in [0.15, 0.2) is 0 Å². The highest BCUT2D eigenvalue weighted by Crippen LogP contribution is 2.62. The minimum atomic E-state index is -0.150. The van der Waals surface area contributed by atoms with Crippen molar-refractivity contribution in [1.29, 1.82) is 0 Å². The van der Waals surface area contributed by atoms with Crippen LogP contribution in [0.25, 0.3) is 0 Å². The van der Waals surface area contributed by atoms with Gasteiger partial charge in [-0.25, -0.2) is 4.39 Å². The number of carbonyl (C=O) groups excluding carboxylic acids is 1. The predicted octanol–water partition coefficient (Wildman–Crippen LogP) is 5.40. The molecule has 2 N–H and O–H groups in total. The number of oxime groups is 1. The van der Waals surface area contributed by atoms with Gasteiger partial charge in [0.2, 0.25) is 11.0 Å². The van der Waals surface area contributed by atoms with Gasteiger partial charge in [-0.1, -0.05) is 29.5 Å². The molecule has 3 aliphatic rings. The van der Waals surface area contributed by atoms with E-state index >= 15 is 0 Å². The molecule has 0 bridgehead atoms. The fourth-order valence-corrected chi connectivity index (χ4v) is 7.45. The normalized spacial score (nSPS) is 32.2. The van der Waals surface area contributed by atoms with Gasteiger partial charge in [0.1, 0.15) is 11.3 Å². The molecule has 0 aliphatic heterocycles. The second-order valence-corrected chi connectivity index (χ2v) is 10.7. The van der Waals surface area contributed by atoms with Gasteiger partial charge in [0.25, 0.3) is 0 Å². The highest BCUT2D eigenvalue weighted by Gasteiger charge is 2.57. The quantitative estimate of drug-likeness (QED) is 0.466. The van der Waals surface area contributed by atoms with Crippen molar-refractivity contribution >= 4 is 28.1 Å². The molecule has 1 heterocycles. The highest BCUT2D eigenvalue weighted by atomic mass is 32.1. The van der Waals surface area contributed by atoms with Crippen LogP contribution in [0, 0.1) is 29.0 Å². The molecule has 3 aliphatic carbocycles. The van der Waals surface area contributed by atoms with Crippen molar-refractivity contribution in [3.8, 4) is 0 Å². The Hall–Kier alpha value is -2.35. The molecule has 8 heteroatoms. The molecular formula is C24H29FN4O2S. The van der Waals surface area contributed by atoms with E-state index in [9.17, 15) is 14.4 Å². The summed E-state index contributed by atoms with van der Waals surface area (Å²) in [4.78, 5) is 12.3. The summed E-state index contributed by atoms with van der Waals surface area (Å²) in [5.74, 6) is 1.59. The minimum Gasteiger partial charge on any atom is -0.411 e. The van der Waals surface area contributed by atoms with E-state index in [-0.39, 0.29) is 17.1 Å². The van der Waals surface area contributed by atoms with E-state index in [1.54, 1.807) is 17.6 Å². The lowest BCUT2D eigenvalue weighted by Gasteiger charge is -2.50. The van der Waals surface area contributed by atoms with Gasteiger partial charge in [-0.2, -0.15) is 0 Å². The third-order valence-corrected chi connectivity index (χ3v) is 8.88. The van der Waals surface area contributed by atoms with Crippen LogP contribution < -0.4 is 5.32 Å². The molecule has 32 heavy (non-hydrogen) atoms. The Morgan fingerprint density at radius 1 is 1.41 bits per heavy atom. The van der Waals surface area contributed by atoms with E-state index in [1.807, 2.05) is 6.07 Å². The summed E-state index contributed by atoms with van der Waals surface area (Å²) < 4.78 is 13.8. The number of fused-ring (bicyclic) bond motifs is 5. The summed E-state index contributed by atoms with van der Waals surface area (Å²) in [6, 6.07) is 5.30. The molecule has 6 nitrogen and oxygen atoms in total. The number of halogens is 1. The predicted molar refractivity (Wildman–Crippen MR) is 122 cm³/mol. The smallest absolute Gasteiger partial charge is 0.226 e. The molecule has 1 aromatic heterocycles. The van der Waals surface area contributed by atoms with E-state index in [2.05, 4.69) is 27.6 Å². The molecule has 0 radical (unpaired) electrons. The number of hydrogen-bond donors (Lipinski definition) is 2. The fraction of sp³-hybridized carbons (Fsp3) is 0.583. The van der Waals surface area contributed by atoms with Crippen LogP contribution in [0.1, 0.15) is 68.9 Å². The lowest BCUT2D eigenvalue weighted by molar-refractivity contribution is -0.116. The average molecular weight is 457 g/mol. The number of aromatic nitrogens is 2. The van der Waals surface area contributed by atoms with Crippen molar-refractivity contribution in [2.75, 3.05) is 5.32 Å². The third-order valence-electron chi connectivity index (χ3n) is 8.27. The Morgan fingerprint density at radius 3 is 3.06 bits per heavy atom. The molecule has 5 rings (SSSR count). The lowest BCUT2D eigenvalue weighted by Crippen LogP contribution is -2.44. The maximum atomic E-state index is 13.8. The first-order valence-electron chi connectivity index (χ1n) is 11.6. The molecule has 3 unspecified atom stereocenters. The number of carbonyl (C=O) groups is 1. The number of nitrogens with one attached hydrogen (secondary N) is 1. The molecule has 1 aromatic carbocycles. The molecular weight excluding hydrogens is 427 g/mol. The average Bonchev–Trinajstić information content (AvgIpc) is 3.38. The van der Waals surface area contributed by atoms with Crippen LogP contribution in [0.3, 0.4) is 0 Å². The zero-order valence-corrected chi connectivity index (χ0v) is 19.1. The number of aryl methyl sites for hydroxylation is 1. The molecule has 5 atom stereocenters. The summed E-state index contributed by atoms with van der Waals surface area (Å²) in [5, 5.41) is 24.5. The minimum absolute atomic E-state index is 0.0336. The van der Waals surface area contributed by atoms with Gasteiger partial charge >= 0.3 is 0 Å². The van der Waals surface area contributed by atoms with Crippen LogP contribution in [0.5, 0.6) is 0 Å². The van der Waals surface area contributed by atoms with Gasteiger partial charge in [-0.05, 0) is 91.9 Å². The zero-order chi connectivity index (χ0) is 22.3. The summed E-state index contributed by atoms with van der Waals surface area (Å²) in [5.41, 5.74) is 4.91. The van der Waals surface area contributed by atoms with Gasteiger partial charge in [0, 0.05) is 11.8 Å². The maximum Gasteiger partial charge on any atom is 0.226 e. The molecule has 2 saturated carbocycles. The standard InChI is InChI=1S/C24H29FN4O2S/c1-24-10-9-18-17-8-6-16(25)11-14(17)5-7-19(18)22(24)15(12-20(24)29-31)3-2-4-21(30)27-23-28-26-13-32-23/h6,8,11,13,15,18-19,22,31H,2-5,7,9-10,12H2,1H3,(H,27,28,30)/b29-20+/t15-,18?,19?,22?,24-/m1/s1. The van der Waals surface area contributed by atoms with E-state index < -0.39 is 0 Å². The first-order chi connectivity index (χ1) is 15.5. The van der Waals surface area contributed by atoms with Crippen molar-refractivity contribution in [2.24, 2.45) is 28.3 Å². The summed E-state index contributed by atoms with van der Waals surface area (Å²) in [7, 11) is 0. The topological polar surface area (TPSA) is 87.5 Å². The van der Waals surface area contributed by atoms with E-state index in [4.69, 9.17) is 0 Å². The van der Waals surface area contributed by atoms with Crippen molar-refractivity contribution in [3.63, 3.8) is 0 Å². The fourth-order valence-electron chi connectivity index (χ4n) is 6.99. The summed E-state index contributed by atoms with van der Waals surface area (Å²) in [6.45, 7) is 2.27. The highest BCUT2D eigenvalue weighted by molar-refractivity contribution is 7.13. The number of anilines is 1. The van der Waals surface area contributed by atoms with Crippen LogP contribution in [-0.2, 0) is 11.2 Å². The number of amides is 1. The monoisotopic (exact) mass is 456 g/mol. The largest absolute Gasteiger partial charge is 0.411 e. The second-order valence-electron chi connectivity index (χ2n) is 9.83. The number of benzene rings is 1. The Bertz CT molecular complexity index is 1030. The molecule has 2 fully saturated rings. The van der Waals surface area contributed by atoms with E-state index in [1.165, 1.54) is 16.9 Å². The first kappa shape index (κ1) is 21.5. The van der Waals surface area contributed by atoms with Crippen molar-refractivity contribution < 1.29 is 14.4 Å². The summed E-state index contributed by atoms with van der Waals surface area (Å²) >= 11 is 1.31. The lowest BCUT2D eigenvalue weighted by atomic mass is 9.54. The summed E-state index contributed by atoms with van der Waals surface area (Å²) in [6.07, 6.45) is 6.96. The van der Waals surface area contributed by atoms with Gasteiger partial charge in [-0.15, -0.1) is 10.2 Å². The second kappa shape index (κ2) is 8.54. The van der Waals surface area contributed by atoms with Crippen LogP contribution in [0.2, 0.25) is 0 Å². The van der Waals surface area contributed by atoms with Gasteiger partial charge in [0.05, 0.1) is 5.71 Å². The SMILES string of the molecule is C[C@]12CCC3c4ccc(F)cc4CCC3C1[C@H](CCCC(=O)Nc1nncs1)C/C2=N\O. The van der Waals surface area contributed by atoms with Crippen molar-refractivity contribution in [2.45, 2.75) is 64.2 Å². The maximum absolute atomic E-state index is 13.8. The van der Waals surface area contributed by atoms with Crippen LogP contribution >= 0.6 is 11.3 Å². The Kier molecular flexibility index (Phi) is 5.73. The number of rotatable bonds is 5. The molecule has 1 amide bonds. The van der Waals surface area contributed by atoms with E-state index in [0.29, 0.717) is 35.2 Å².